The molecule has 6 heteroatoms. The van der Waals surface area contributed by atoms with E-state index < -0.39 is 5.91 Å². The van der Waals surface area contributed by atoms with E-state index >= 15 is 0 Å². The third-order valence-corrected chi connectivity index (χ3v) is 5.15. The Labute approximate surface area is 180 Å². The molecule has 1 amide bonds. The number of amides is 1. The number of nitrogens with one attached hydrogen (secondary N) is 1. The number of carbonyl (C=O) groups is 1. The van der Waals surface area contributed by atoms with Crippen LogP contribution < -0.4 is 5.32 Å². The van der Waals surface area contributed by atoms with Crippen LogP contribution in [0.3, 0.4) is 0 Å². The van der Waals surface area contributed by atoms with Crippen molar-refractivity contribution in [1.29, 1.82) is 0 Å². The van der Waals surface area contributed by atoms with Crippen molar-refractivity contribution in [2.24, 2.45) is 0 Å². The molecule has 0 saturated heterocycles. The van der Waals surface area contributed by atoms with Gasteiger partial charge in [0.1, 0.15) is 5.82 Å². The summed E-state index contributed by atoms with van der Waals surface area (Å²) in [5, 5.41) is 7.44. The second-order valence-electron chi connectivity index (χ2n) is 7.74. The van der Waals surface area contributed by atoms with E-state index in [1.54, 1.807) is 16.8 Å². The summed E-state index contributed by atoms with van der Waals surface area (Å²) < 4.78 is 15.1. The van der Waals surface area contributed by atoms with Gasteiger partial charge in [0.15, 0.2) is 5.82 Å². The van der Waals surface area contributed by atoms with Gasteiger partial charge >= 0.3 is 0 Å². The fourth-order valence-corrected chi connectivity index (χ4v) is 3.36. The van der Waals surface area contributed by atoms with Crippen LogP contribution >= 0.6 is 0 Å². The molecule has 4 aromatic rings. The Kier molecular flexibility index (Phi) is 5.38. The minimum Gasteiger partial charge on any atom is -0.319 e. The van der Waals surface area contributed by atoms with Crippen molar-refractivity contribution in [3.05, 3.63) is 94.6 Å². The number of aromatic nitrogens is 3. The molecule has 0 radical (unpaired) electrons. The first-order valence-electron chi connectivity index (χ1n) is 10.0. The average molecular weight is 414 g/mol. The van der Waals surface area contributed by atoms with Crippen molar-refractivity contribution < 1.29 is 9.18 Å². The average Bonchev–Trinajstić information content (AvgIpc) is 3.18. The van der Waals surface area contributed by atoms with Crippen LogP contribution in [0, 0.1) is 33.5 Å². The van der Waals surface area contributed by atoms with Gasteiger partial charge in [0.05, 0.1) is 5.69 Å². The summed E-state index contributed by atoms with van der Waals surface area (Å²) in [6.07, 6.45) is 0. The molecule has 1 heterocycles. The largest absolute Gasteiger partial charge is 0.319 e. The summed E-state index contributed by atoms with van der Waals surface area (Å²) in [7, 11) is 0. The molecule has 1 aromatic heterocycles. The van der Waals surface area contributed by atoms with E-state index in [2.05, 4.69) is 15.4 Å². The predicted octanol–water partition coefficient (Wildman–Crippen LogP) is 5.56. The first-order valence-corrected chi connectivity index (χ1v) is 10.0. The van der Waals surface area contributed by atoms with E-state index in [9.17, 15) is 9.18 Å². The summed E-state index contributed by atoms with van der Waals surface area (Å²) in [5.74, 6) is -0.225. The standard InChI is InChI=1S/C25H23FN4O/c1-15-5-7-17(3)21(13-15)27-25(31)23-28-24(19-9-11-20(26)12-10-19)30(29-23)22-14-16(2)6-8-18(22)4/h5-14H,1-4H3,(H,27,31). The second-order valence-corrected chi connectivity index (χ2v) is 7.74. The van der Waals surface area contributed by atoms with Gasteiger partial charge in [-0.2, -0.15) is 0 Å². The first-order chi connectivity index (χ1) is 14.8. The first kappa shape index (κ1) is 20.5. The van der Waals surface area contributed by atoms with Crippen LogP contribution in [0.4, 0.5) is 10.1 Å². The molecule has 0 spiro atoms. The van der Waals surface area contributed by atoms with E-state index in [0.717, 1.165) is 33.6 Å². The Hall–Kier alpha value is -3.80. The van der Waals surface area contributed by atoms with Crippen molar-refractivity contribution in [2.45, 2.75) is 27.7 Å². The second kappa shape index (κ2) is 8.14. The lowest BCUT2D eigenvalue weighted by Gasteiger charge is -2.10. The van der Waals surface area contributed by atoms with E-state index in [0.29, 0.717) is 11.4 Å². The van der Waals surface area contributed by atoms with E-state index in [4.69, 9.17) is 0 Å². The maximum Gasteiger partial charge on any atom is 0.295 e. The fraction of sp³-hybridized carbons (Fsp3) is 0.160. The zero-order chi connectivity index (χ0) is 22.1. The van der Waals surface area contributed by atoms with Gasteiger partial charge in [0.2, 0.25) is 5.82 Å². The van der Waals surface area contributed by atoms with Crippen LogP contribution in [0.1, 0.15) is 32.9 Å². The summed E-state index contributed by atoms with van der Waals surface area (Å²) in [5.41, 5.74) is 6.24. The summed E-state index contributed by atoms with van der Waals surface area (Å²) in [4.78, 5) is 17.5. The van der Waals surface area contributed by atoms with Crippen molar-refractivity contribution in [1.82, 2.24) is 14.8 Å². The lowest BCUT2D eigenvalue weighted by atomic mass is 10.1. The molecular weight excluding hydrogens is 391 g/mol. The Morgan fingerprint density at radius 3 is 2.23 bits per heavy atom. The highest BCUT2D eigenvalue weighted by molar-refractivity contribution is 6.02. The minimum atomic E-state index is -0.402. The number of rotatable bonds is 4. The van der Waals surface area contributed by atoms with Gasteiger partial charge < -0.3 is 5.32 Å². The maximum absolute atomic E-state index is 13.5. The van der Waals surface area contributed by atoms with Crippen LogP contribution in [0.5, 0.6) is 0 Å². The molecule has 3 aromatic carbocycles. The number of nitrogens with zero attached hydrogens (tertiary/aromatic N) is 3. The van der Waals surface area contributed by atoms with Crippen LogP contribution in [-0.2, 0) is 0 Å². The number of hydrogen-bond donors (Lipinski definition) is 1. The van der Waals surface area contributed by atoms with Gasteiger partial charge in [-0.05, 0) is 86.3 Å². The lowest BCUT2D eigenvalue weighted by Crippen LogP contribution is -2.15. The van der Waals surface area contributed by atoms with Crippen molar-refractivity contribution >= 4 is 11.6 Å². The topological polar surface area (TPSA) is 59.8 Å². The zero-order valence-electron chi connectivity index (χ0n) is 17.9. The Bertz CT molecular complexity index is 1280. The van der Waals surface area contributed by atoms with Gasteiger partial charge in [-0.15, -0.1) is 5.10 Å². The van der Waals surface area contributed by atoms with Crippen molar-refractivity contribution in [2.75, 3.05) is 5.32 Å². The molecule has 0 aliphatic heterocycles. The molecule has 0 atom stereocenters. The van der Waals surface area contributed by atoms with Crippen LogP contribution in [0.25, 0.3) is 17.1 Å². The summed E-state index contributed by atoms with van der Waals surface area (Å²) in [6, 6.07) is 17.9. The molecular formula is C25H23FN4O. The highest BCUT2D eigenvalue weighted by Gasteiger charge is 2.20. The molecule has 31 heavy (non-hydrogen) atoms. The van der Waals surface area contributed by atoms with E-state index in [1.807, 2.05) is 64.1 Å². The molecule has 156 valence electrons. The number of hydrogen-bond acceptors (Lipinski definition) is 3. The maximum atomic E-state index is 13.5. The monoisotopic (exact) mass is 414 g/mol. The Balaban J connectivity index is 1.81. The molecule has 1 N–H and O–H groups in total. The Morgan fingerprint density at radius 1 is 0.871 bits per heavy atom. The molecule has 0 saturated carbocycles. The molecule has 5 nitrogen and oxygen atoms in total. The third-order valence-electron chi connectivity index (χ3n) is 5.15. The zero-order valence-corrected chi connectivity index (χ0v) is 17.9. The van der Waals surface area contributed by atoms with Crippen molar-refractivity contribution in [3.8, 4) is 17.1 Å². The number of benzene rings is 3. The van der Waals surface area contributed by atoms with E-state index in [-0.39, 0.29) is 11.6 Å². The number of halogens is 1. The highest BCUT2D eigenvalue weighted by atomic mass is 19.1. The van der Waals surface area contributed by atoms with Crippen LogP contribution in [0.15, 0.2) is 60.7 Å². The summed E-state index contributed by atoms with van der Waals surface area (Å²) >= 11 is 0. The number of anilines is 1. The molecule has 4 rings (SSSR count). The van der Waals surface area contributed by atoms with Gasteiger partial charge in [0, 0.05) is 11.3 Å². The molecule has 0 unspecified atom stereocenters. The Morgan fingerprint density at radius 2 is 1.52 bits per heavy atom. The third kappa shape index (κ3) is 4.23. The number of carbonyl (C=O) groups excluding carboxylic acids is 1. The van der Waals surface area contributed by atoms with Gasteiger partial charge in [-0.3, -0.25) is 4.79 Å². The predicted molar refractivity (Wildman–Crippen MR) is 120 cm³/mol. The number of aryl methyl sites for hydroxylation is 4. The molecule has 0 fully saturated rings. The van der Waals surface area contributed by atoms with Gasteiger partial charge in [-0.25, -0.2) is 14.1 Å². The van der Waals surface area contributed by atoms with Crippen LogP contribution in [-0.4, -0.2) is 20.7 Å². The molecule has 0 aliphatic carbocycles. The molecule has 0 bridgehead atoms. The quantitative estimate of drug-likeness (QED) is 0.476. The van der Waals surface area contributed by atoms with Gasteiger partial charge in [-0.1, -0.05) is 24.3 Å². The van der Waals surface area contributed by atoms with E-state index in [1.165, 1.54) is 12.1 Å². The van der Waals surface area contributed by atoms with Gasteiger partial charge in [0.25, 0.3) is 5.91 Å². The minimum absolute atomic E-state index is 0.0427. The normalized spacial score (nSPS) is 10.9. The molecule has 0 aliphatic rings. The highest BCUT2D eigenvalue weighted by Crippen LogP contribution is 2.25. The van der Waals surface area contributed by atoms with Crippen LogP contribution in [0.2, 0.25) is 0 Å². The van der Waals surface area contributed by atoms with Crippen molar-refractivity contribution in [3.63, 3.8) is 0 Å². The smallest absolute Gasteiger partial charge is 0.295 e. The SMILES string of the molecule is Cc1ccc(C)c(NC(=O)c2nc(-c3ccc(F)cc3)n(-c3cc(C)ccc3C)n2)c1. The summed E-state index contributed by atoms with van der Waals surface area (Å²) in [6.45, 7) is 7.86. The lowest BCUT2D eigenvalue weighted by molar-refractivity contribution is 0.101. The fourth-order valence-electron chi connectivity index (χ4n) is 3.36.